The Bertz CT molecular complexity index is 215. The number of rotatable bonds is 4. The van der Waals surface area contributed by atoms with Crippen LogP contribution in [-0.2, 0) is 0 Å². The molecule has 0 saturated carbocycles. The molecular weight excluding hydrogens is 160 g/mol. The average molecular weight is 178 g/mol. The minimum atomic E-state index is 0.258. The standard InChI is InChI=1S/C12H18O/c1-3-11-6-5-10(7-8-13)9-12(11)4-2/h3-5,11-13H,1-2,6-9H2/t11-,12+/m0/s1. The highest BCUT2D eigenvalue weighted by atomic mass is 16.2. The Kier molecular flexibility index (Phi) is 3.97. The first-order chi connectivity index (χ1) is 6.31. The fourth-order valence-corrected chi connectivity index (χ4v) is 1.89. The van der Waals surface area contributed by atoms with Gasteiger partial charge in [0, 0.05) is 6.61 Å². The van der Waals surface area contributed by atoms with Crippen molar-refractivity contribution in [3.8, 4) is 0 Å². The van der Waals surface area contributed by atoms with Gasteiger partial charge in [-0.25, -0.2) is 0 Å². The molecule has 1 aliphatic rings. The van der Waals surface area contributed by atoms with E-state index in [-0.39, 0.29) is 6.61 Å². The molecule has 1 nitrogen and oxygen atoms in total. The van der Waals surface area contributed by atoms with Crippen molar-refractivity contribution in [2.45, 2.75) is 19.3 Å². The van der Waals surface area contributed by atoms with E-state index in [1.807, 2.05) is 12.2 Å². The lowest BCUT2D eigenvalue weighted by atomic mass is 9.79. The van der Waals surface area contributed by atoms with Gasteiger partial charge in [0.15, 0.2) is 0 Å². The van der Waals surface area contributed by atoms with Crippen LogP contribution >= 0.6 is 0 Å². The van der Waals surface area contributed by atoms with E-state index in [0.717, 1.165) is 19.3 Å². The maximum absolute atomic E-state index is 8.81. The quantitative estimate of drug-likeness (QED) is 0.656. The Morgan fingerprint density at radius 2 is 2.08 bits per heavy atom. The fraction of sp³-hybridized carbons (Fsp3) is 0.500. The second-order valence-corrected chi connectivity index (χ2v) is 3.57. The lowest BCUT2D eigenvalue weighted by molar-refractivity contribution is 0.293. The third kappa shape index (κ3) is 2.56. The zero-order chi connectivity index (χ0) is 9.68. The average Bonchev–Trinajstić information content (AvgIpc) is 2.18. The summed E-state index contributed by atoms with van der Waals surface area (Å²) in [6, 6.07) is 0. The van der Waals surface area contributed by atoms with Gasteiger partial charge in [-0.15, -0.1) is 13.2 Å². The summed E-state index contributed by atoms with van der Waals surface area (Å²) in [5.41, 5.74) is 1.37. The van der Waals surface area contributed by atoms with Crippen LogP contribution in [0.2, 0.25) is 0 Å². The minimum Gasteiger partial charge on any atom is -0.396 e. The molecular formula is C12H18O. The van der Waals surface area contributed by atoms with Gasteiger partial charge >= 0.3 is 0 Å². The molecule has 1 aliphatic carbocycles. The SMILES string of the molecule is C=C[C@@H]1CC(CCO)=CC[C@@H]1C=C. The van der Waals surface area contributed by atoms with Gasteiger partial charge in [-0.3, -0.25) is 0 Å². The van der Waals surface area contributed by atoms with Crippen LogP contribution in [0.5, 0.6) is 0 Å². The van der Waals surface area contributed by atoms with Crippen LogP contribution in [0.15, 0.2) is 37.0 Å². The smallest absolute Gasteiger partial charge is 0.0468 e. The van der Waals surface area contributed by atoms with Gasteiger partial charge in [0.1, 0.15) is 0 Å². The van der Waals surface area contributed by atoms with Crippen LogP contribution in [0.1, 0.15) is 19.3 Å². The van der Waals surface area contributed by atoms with Crippen LogP contribution in [0, 0.1) is 11.8 Å². The lowest BCUT2D eigenvalue weighted by Gasteiger charge is -2.26. The Balaban J connectivity index is 2.61. The molecule has 0 amide bonds. The van der Waals surface area contributed by atoms with E-state index in [4.69, 9.17) is 5.11 Å². The summed E-state index contributed by atoms with van der Waals surface area (Å²) in [5.74, 6) is 1.06. The third-order valence-corrected chi connectivity index (χ3v) is 2.76. The summed E-state index contributed by atoms with van der Waals surface area (Å²) in [6.07, 6.45) is 9.17. The zero-order valence-electron chi connectivity index (χ0n) is 8.08. The summed E-state index contributed by atoms with van der Waals surface area (Å²) >= 11 is 0. The Labute approximate surface area is 80.5 Å². The first-order valence-electron chi connectivity index (χ1n) is 4.85. The highest BCUT2D eigenvalue weighted by molar-refractivity contribution is 5.14. The van der Waals surface area contributed by atoms with Crippen molar-refractivity contribution >= 4 is 0 Å². The van der Waals surface area contributed by atoms with Gasteiger partial charge < -0.3 is 5.11 Å². The molecule has 0 spiro atoms. The fourth-order valence-electron chi connectivity index (χ4n) is 1.89. The summed E-state index contributed by atoms with van der Waals surface area (Å²) < 4.78 is 0. The lowest BCUT2D eigenvalue weighted by Crippen LogP contribution is -2.15. The predicted octanol–water partition coefficient (Wildman–Crippen LogP) is 2.69. The minimum absolute atomic E-state index is 0.258. The first kappa shape index (κ1) is 10.3. The molecule has 0 heterocycles. The molecule has 0 aromatic carbocycles. The molecule has 0 bridgehead atoms. The molecule has 72 valence electrons. The predicted molar refractivity (Wildman–Crippen MR) is 56.4 cm³/mol. The topological polar surface area (TPSA) is 20.2 Å². The van der Waals surface area contributed by atoms with Crippen LogP contribution in [0.3, 0.4) is 0 Å². The highest BCUT2D eigenvalue weighted by Crippen LogP contribution is 2.32. The van der Waals surface area contributed by atoms with Crippen LogP contribution in [0.25, 0.3) is 0 Å². The van der Waals surface area contributed by atoms with Crippen LogP contribution in [0.4, 0.5) is 0 Å². The number of hydrogen-bond acceptors (Lipinski definition) is 1. The number of allylic oxidation sites excluding steroid dienone is 3. The van der Waals surface area contributed by atoms with Gasteiger partial charge in [-0.2, -0.15) is 0 Å². The monoisotopic (exact) mass is 178 g/mol. The van der Waals surface area contributed by atoms with E-state index in [2.05, 4.69) is 19.2 Å². The van der Waals surface area contributed by atoms with E-state index < -0.39 is 0 Å². The van der Waals surface area contributed by atoms with E-state index >= 15 is 0 Å². The molecule has 0 radical (unpaired) electrons. The largest absolute Gasteiger partial charge is 0.396 e. The van der Waals surface area contributed by atoms with Gasteiger partial charge in [0.05, 0.1) is 0 Å². The summed E-state index contributed by atoms with van der Waals surface area (Å²) in [7, 11) is 0. The zero-order valence-corrected chi connectivity index (χ0v) is 8.08. The number of aliphatic hydroxyl groups excluding tert-OH is 1. The molecule has 0 aromatic rings. The van der Waals surface area contributed by atoms with Crippen molar-refractivity contribution in [2.24, 2.45) is 11.8 Å². The highest BCUT2D eigenvalue weighted by Gasteiger charge is 2.20. The molecule has 2 atom stereocenters. The van der Waals surface area contributed by atoms with Crippen LogP contribution in [-0.4, -0.2) is 11.7 Å². The van der Waals surface area contributed by atoms with Gasteiger partial charge in [0.2, 0.25) is 0 Å². The second-order valence-electron chi connectivity index (χ2n) is 3.57. The van der Waals surface area contributed by atoms with E-state index in [1.54, 1.807) is 0 Å². The van der Waals surface area contributed by atoms with Crippen molar-refractivity contribution < 1.29 is 5.11 Å². The van der Waals surface area contributed by atoms with E-state index in [9.17, 15) is 0 Å². The van der Waals surface area contributed by atoms with Gasteiger partial charge in [-0.1, -0.05) is 23.8 Å². The molecule has 1 N–H and O–H groups in total. The van der Waals surface area contributed by atoms with Crippen LogP contribution < -0.4 is 0 Å². The molecule has 0 fully saturated rings. The summed E-state index contributed by atoms with van der Waals surface area (Å²) in [4.78, 5) is 0. The molecule has 0 aliphatic heterocycles. The Morgan fingerprint density at radius 3 is 2.62 bits per heavy atom. The summed E-state index contributed by atoms with van der Waals surface area (Å²) in [5, 5.41) is 8.81. The van der Waals surface area contributed by atoms with Crippen molar-refractivity contribution in [2.75, 3.05) is 6.61 Å². The first-order valence-corrected chi connectivity index (χ1v) is 4.85. The maximum atomic E-state index is 8.81. The summed E-state index contributed by atoms with van der Waals surface area (Å²) in [6.45, 7) is 7.93. The molecule has 0 aromatic heterocycles. The maximum Gasteiger partial charge on any atom is 0.0468 e. The Hall–Kier alpha value is -0.820. The third-order valence-electron chi connectivity index (χ3n) is 2.76. The molecule has 13 heavy (non-hydrogen) atoms. The second kappa shape index (κ2) is 5.03. The normalized spacial score (nSPS) is 27.9. The van der Waals surface area contributed by atoms with Gasteiger partial charge in [-0.05, 0) is 31.1 Å². The Morgan fingerprint density at radius 1 is 1.38 bits per heavy atom. The molecule has 1 rings (SSSR count). The molecule has 0 unspecified atom stereocenters. The molecule has 0 saturated heterocycles. The number of hydrogen-bond donors (Lipinski definition) is 1. The molecule has 1 heteroatoms. The van der Waals surface area contributed by atoms with Crippen molar-refractivity contribution in [1.82, 2.24) is 0 Å². The van der Waals surface area contributed by atoms with Gasteiger partial charge in [0.25, 0.3) is 0 Å². The van der Waals surface area contributed by atoms with Crippen molar-refractivity contribution in [3.63, 3.8) is 0 Å². The van der Waals surface area contributed by atoms with Crippen molar-refractivity contribution in [3.05, 3.63) is 37.0 Å². The van der Waals surface area contributed by atoms with Crippen molar-refractivity contribution in [1.29, 1.82) is 0 Å². The number of aliphatic hydroxyl groups is 1. The van der Waals surface area contributed by atoms with E-state index in [0.29, 0.717) is 11.8 Å². The van der Waals surface area contributed by atoms with E-state index in [1.165, 1.54) is 5.57 Å².